The summed E-state index contributed by atoms with van der Waals surface area (Å²) in [5.74, 6) is 6.49. The summed E-state index contributed by atoms with van der Waals surface area (Å²) in [7, 11) is 0. The van der Waals surface area contributed by atoms with Gasteiger partial charge < -0.3 is 0 Å². The first-order valence-electron chi connectivity index (χ1n) is 6.88. The summed E-state index contributed by atoms with van der Waals surface area (Å²) < 4.78 is 0. The normalized spacial score (nSPS) is 23.5. The van der Waals surface area contributed by atoms with Crippen LogP contribution in [0.2, 0.25) is 0 Å². The average Bonchev–Trinajstić information content (AvgIpc) is 2.70. The second-order valence-electron chi connectivity index (χ2n) is 5.71. The molecule has 1 aliphatic rings. The Bertz CT molecular complexity index is 420. The molecule has 0 radical (unpaired) electrons. The van der Waals surface area contributed by atoms with Crippen LogP contribution in [0.25, 0.3) is 0 Å². The highest BCUT2D eigenvalue weighted by Crippen LogP contribution is 2.23. The van der Waals surface area contributed by atoms with E-state index in [0.717, 1.165) is 23.9 Å². The fourth-order valence-electron chi connectivity index (χ4n) is 2.64. The second kappa shape index (κ2) is 6.17. The number of nitrogens with one attached hydrogen (secondary N) is 1. The first-order chi connectivity index (χ1) is 9.08. The van der Waals surface area contributed by atoms with Crippen molar-refractivity contribution in [1.82, 2.24) is 10.3 Å². The number of nitrogens with zero attached hydrogens (tertiary/aromatic N) is 1. The van der Waals surface area contributed by atoms with Gasteiger partial charge in [0.15, 0.2) is 0 Å². The Kier molecular flexibility index (Phi) is 4.56. The van der Waals surface area contributed by atoms with Crippen LogP contribution < -0.4 is 11.3 Å². The van der Waals surface area contributed by atoms with Gasteiger partial charge in [-0.3, -0.25) is 15.1 Å². The Morgan fingerprint density at radius 3 is 2.26 bits per heavy atom. The van der Waals surface area contributed by atoms with Crippen LogP contribution in [0.1, 0.15) is 25.0 Å². The first kappa shape index (κ1) is 14.0. The molecule has 1 amide bonds. The molecule has 4 heteroatoms. The molecule has 4 nitrogen and oxygen atoms in total. The number of amides is 1. The molecule has 1 heterocycles. The molecule has 2 unspecified atom stereocenters. The highest BCUT2D eigenvalue weighted by molar-refractivity contribution is 5.77. The van der Waals surface area contributed by atoms with E-state index in [9.17, 15) is 4.79 Å². The predicted molar refractivity (Wildman–Crippen MR) is 76.1 cm³/mol. The minimum Gasteiger partial charge on any atom is -0.299 e. The quantitative estimate of drug-likeness (QED) is 0.488. The first-order valence-corrected chi connectivity index (χ1v) is 6.88. The van der Waals surface area contributed by atoms with Crippen LogP contribution in [0.15, 0.2) is 24.3 Å². The third-order valence-corrected chi connectivity index (χ3v) is 4.02. The Morgan fingerprint density at radius 1 is 1.21 bits per heavy atom. The van der Waals surface area contributed by atoms with Crippen LogP contribution in [-0.2, 0) is 17.8 Å². The zero-order valence-electron chi connectivity index (χ0n) is 11.7. The molecule has 0 saturated carbocycles. The van der Waals surface area contributed by atoms with E-state index in [1.165, 1.54) is 18.7 Å². The molecule has 1 aromatic rings. The number of rotatable bonds is 4. The molecular weight excluding hydrogens is 238 g/mol. The molecule has 1 fully saturated rings. The molecular formula is C15H23N3O. The maximum Gasteiger partial charge on any atom is 0.238 e. The Balaban J connectivity index is 1.90. The molecule has 0 aliphatic carbocycles. The molecule has 0 aromatic heterocycles. The van der Waals surface area contributed by atoms with Crippen molar-refractivity contribution in [3.63, 3.8) is 0 Å². The Hall–Kier alpha value is -1.39. The van der Waals surface area contributed by atoms with Gasteiger partial charge in [-0.15, -0.1) is 0 Å². The van der Waals surface area contributed by atoms with Gasteiger partial charge >= 0.3 is 0 Å². The van der Waals surface area contributed by atoms with Crippen LogP contribution in [0, 0.1) is 11.8 Å². The fourth-order valence-corrected chi connectivity index (χ4v) is 2.64. The lowest BCUT2D eigenvalue weighted by Gasteiger charge is -2.15. The van der Waals surface area contributed by atoms with Crippen molar-refractivity contribution in [3.05, 3.63) is 35.4 Å². The molecule has 1 aromatic carbocycles. The number of carbonyl (C=O) groups excluding carboxylic acids is 1. The summed E-state index contributed by atoms with van der Waals surface area (Å²) in [6, 6.07) is 8.22. The lowest BCUT2D eigenvalue weighted by atomic mass is 10.0. The van der Waals surface area contributed by atoms with Gasteiger partial charge in [0.25, 0.3) is 0 Å². The molecule has 1 aliphatic heterocycles. The third kappa shape index (κ3) is 3.78. The zero-order valence-corrected chi connectivity index (χ0v) is 11.7. The van der Waals surface area contributed by atoms with Crippen molar-refractivity contribution >= 4 is 5.91 Å². The smallest absolute Gasteiger partial charge is 0.238 e. The summed E-state index contributed by atoms with van der Waals surface area (Å²) >= 11 is 0. The van der Waals surface area contributed by atoms with Gasteiger partial charge in [-0.2, -0.15) is 0 Å². The van der Waals surface area contributed by atoms with E-state index >= 15 is 0 Å². The van der Waals surface area contributed by atoms with E-state index in [2.05, 4.69) is 36.3 Å². The van der Waals surface area contributed by atoms with Crippen molar-refractivity contribution < 1.29 is 4.79 Å². The maximum absolute atomic E-state index is 11.2. The van der Waals surface area contributed by atoms with Gasteiger partial charge in [-0.05, 0) is 23.0 Å². The lowest BCUT2D eigenvalue weighted by molar-refractivity contribution is -0.120. The molecule has 3 N–H and O–H groups in total. The van der Waals surface area contributed by atoms with Gasteiger partial charge in [0.2, 0.25) is 5.91 Å². The summed E-state index contributed by atoms with van der Waals surface area (Å²) in [4.78, 5) is 13.7. The van der Waals surface area contributed by atoms with Crippen LogP contribution in [0.5, 0.6) is 0 Å². The Labute approximate surface area is 114 Å². The highest BCUT2D eigenvalue weighted by Gasteiger charge is 2.25. The molecule has 1 saturated heterocycles. The lowest BCUT2D eigenvalue weighted by Crippen LogP contribution is -2.31. The maximum atomic E-state index is 11.2. The van der Waals surface area contributed by atoms with Gasteiger partial charge in [0, 0.05) is 19.6 Å². The van der Waals surface area contributed by atoms with Gasteiger partial charge in [0.1, 0.15) is 0 Å². The van der Waals surface area contributed by atoms with E-state index in [0.29, 0.717) is 6.42 Å². The molecule has 2 atom stereocenters. The highest BCUT2D eigenvalue weighted by atomic mass is 16.2. The molecule has 2 rings (SSSR count). The molecule has 0 spiro atoms. The fraction of sp³-hybridized carbons (Fsp3) is 0.533. The van der Waals surface area contributed by atoms with Crippen LogP contribution >= 0.6 is 0 Å². The zero-order chi connectivity index (χ0) is 13.8. The van der Waals surface area contributed by atoms with E-state index in [1.54, 1.807) is 0 Å². The van der Waals surface area contributed by atoms with Crippen molar-refractivity contribution in [2.24, 2.45) is 17.7 Å². The van der Waals surface area contributed by atoms with E-state index in [4.69, 9.17) is 5.84 Å². The molecule has 0 bridgehead atoms. The average molecular weight is 261 g/mol. The summed E-state index contributed by atoms with van der Waals surface area (Å²) in [5.41, 5.74) is 4.45. The van der Waals surface area contributed by atoms with Gasteiger partial charge in [0.05, 0.1) is 6.42 Å². The van der Waals surface area contributed by atoms with Crippen molar-refractivity contribution in [2.45, 2.75) is 26.8 Å². The van der Waals surface area contributed by atoms with Gasteiger partial charge in [-0.25, -0.2) is 5.84 Å². The number of hydrogen-bond donors (Lipinski definition) is 2. The third-order valence-electron chi connectivity index (χ3n) is 4.02. The second-order valence-corrected chi connectivity index (χ2v) is 5.71. The predicted octanol–water partition coefficient (Wildman–Crippen LogP) is 1.31. The Morgan fingerprint density at radius 2 is 1.74 bits per heavy atom. The van der Waals surface area contributed by atoms with Crippen LogP contribution in [0.3, 0.4) is 0 Å². The largest absolute Gasteiger partial charge is 0.299 e. The topological polar surface area (TPSA) is 58.4 Å². The monoisotopic (exact) mass is 261 g/mol. The number of carbonyl (C=O) groups is 1. The number of nitrogens with two attached hydrogens (primary N) is 1. The van der Waals surface area contributed by atoms with Crippen molar-refractivity contribution in [2.75, 3.05) is 13.1 Å². The summed E-state index contributed by atoms with van der Waals surface area (Å²) in [6.45, 7) is 7.99. The van der Waals surface area contributed by atoms with E-state index in [1.807, 2.05) is 12.1 Å². The van der Waals surface area contributed by atoms with Gasteiger partial charge in [-0.1, -0.05) is 38.1 Å². The minimum atomic E-state index is -0.157. The molecule has 104 valence electrons. The number of hydrazine groups is 1. The summed E-state index contributed by atoms with van der Waals surface area (Å²) in [5, 5.41) is 0. The minimum absolute atomic E-state index is 0.157. The number of likely N-dealkylation sites (tertiary alicyclic amines) is 1. The molecule has 19 heavy (non-hydrogen) atoms. The van der Waals surface area contributed by atoms with E-state index in [-0.39, 0.29) is 5.91 Å². The SMILES string of the molecule is CC1CN(Cc2ccc(CC(=O)NN)cc2)CC1C. The number of hydrogen-bond acceptors (Lipinski definition) is 3. The summed E-state index contributed by atoms with van der Waals surface area (Å²) in [6.07, 6.45) is 0.342. The van der Waals surface area contributed by atoms with Crippen molar-refractivity contribution in [3.8, 4) is 0 Å². The van der Waals surface area contributed by atoms with E-state index < -0.39 is 0 Å². The number of benzene rings is 1. The van der Waals surface area contributed by atoms with Crippen molar-refractivity contribution in [1.29, 1.82) is 0 Å². The van der Waals surface area contributed by atoms with Crippen LogP contribution in [-0.4, -0.2) is 23.9 Å². The van der Waals surface area contributed by atoms with Crippen LogP contribution in [0.4, 0.5) is 0 Å². The standard InChI is InChI=1S/C15H23N3O/c1-11-8-18(9-12(11)2)10-14-5-3-13(4-6-14)7-15(19)17-16/h3-6,11-12H,7-10,16H2,1-2H3,(H,17,19).